The Hall–Kier alpha value is -1.77. The van der Waals surface area contributed by atoms with Gasteiger partial charge in [-0.25, -0.2) is 13.4 Å². The van der Waals surface area contributed by atoms with Crippen molar-refractivity contribution in [3.8, 4) is 0 Å². The number of sulfonamides is 1. The number of rotatable bonds is 10. The minimum atomic E-state index is -3.46. The first-order valence-corrected chi connectivity index (χ1v) is 11.2. The van der Waals surface area contributed by atoms with E-state index >= 15 is 0 Å². The minimum Gasteiger partial charge on any atom is -0.351 e. The summed E-state index contributed by atoms with van der Waals surface area (Å²) in [4.78, 5) is 16.3. The number of carbonyl (C=O) groups is 1. The molecule has 8 heteroatoms. The van der Waals surface area contributed by atoms with Crippen molar-refractivity contribution in [2.75, 3.05) is 13.1 Å². The van der Waals surface area contributed by atoms with Crippen LogP contribution < -0.4 is 5.32 Å². The summed E-state index contributed by atoms with van der Waals surface area (Å²) in [6.45, 7) is 5.13. The van der Waals surface area contributed by atoms with Crippen molar-refractivity contribution < 1.29 is 13.2 Å². The van der Waals surface area contributed by atoms with Gasteiger partial charge >= 0.3 is 0 Å². The van der Waals surface area contributed by atoms with Crippen molar-refractivity contribution in [1.82, 2.24) is 14.6 Å². The molecule has 26 heavy (non-hydrogen) atoms. The topological polar surface area (TPSA) is 79.4 Å². The summed E-state index contributed by atoms with van der Waals surface area (Å²) >= 11 is 1.31. The van der Waals surface area contributed by atoms with Gasteiger partial charge in [-0.05, 0) is 18.4 Å². The molecule has 142 valence electrons. The molecular weight excluding hydrogens is 370 g/mol. The second-order valence-electron chi connectivity index (χ2n) is 5.96. The Morgan fingerprint density at radius 3 is 2.58 bits per heavy atom. The van der Waals surface area contributed by atoms with Gasteiger partial charge < -0.3 is 5.32 Å². The lowest BCUT2D eigenvalue weighted by atomic mass is 10.2. The maximum atomic E-state index is 12.8. The van der Waals surface area contributed by atoms with E-state index in [0.29, 0.717) is 30.2 Å². The van der Waals surface area contributed by atoms with Gasteiger partial charge in [0.15, 0.2) is 0 Å². The van der Waals surface area contributed by atoms with Crippen LogP contribution in [0.25, 0.3) is 0 Å². The zero-order chi connectivity index (χ0) is 19.0. The maximum absolute atomic E-state index is 12.8. The molecule has 2 rings (SSSR count). The Morgan fingerprint density at radius 1 is 1.19 bits per heavy atom. The van der Waals surface area contributed by atoms with Gasteiger partial charge in [-0.15, -0.1) is 11.3 Å². The molecule has 0 aliphatic carbocycles. The zero-order valence-electron chi connectivity index (χ0n) is 15.1. The number of amides is 1. The Kier molecular flexibility index (Phi) is 7.74. The van der Waals surface area contributed by atoms with Crippen LogP contribution in [0, 0.1) is 0 Å². The summed E-state index contributed by atoms with van der Waals surface area (Å²) < 4.78 is 27.1. The molecule has 1 N–H and O–H groups in total. The fraction of sp³-hybridized carbons (Fsp3) is 0.444. The highest BCUT2D eigenvalue weighted by molar-refractivity contribution is 7.88. The second kappa shape index (κ2) is 9.80. The molecule has 0 spiro atoms. The number of carbonyl (C=O) groups excluding carboxylic acids is 1. The van der Waals surface area contributed by atoms with E-state index in [4.69, 9.17) is 0 Å². The Morgan fingerprint density at radius 2 is 1.92 bits per heavy atom. The van der Waals surface area contributed by atoms with E-state index in [2.05, 4.69) is 10.3 Å². The van der Waals surface area contributed by atoms with Crippen molar-refractivity contribution in [1.29, 1.82) is 0 Å². The third-order valence-electron chi connectivity index (χ3n) is 3.69. The maximum Gasteiger partial charge on any atom is 0.270 e. The molecule has 0 saturated heterocycles. The van der Waals surface area contributed by atoms with Gasteiger partial charge in [-0.3, -0.25) is 4.79 Å². The second-order valence-corrected chi connectivity index (χ2v) is 8.87. The van der Waals surface area contributed by atoms with Crippen molar-refractivity contribution in [2.45, 2.75) is 39.0 Å². The lowest BCUT2D eigenvalue weighted by molar-refractivity contribution is 0.0949. The van der Waals surface area contributed by atoms with Crippen molar-refractivity contribution in [3.63, 3.8) is 0 Å². The number of hydrogen-bond acceptors (Lipinski definition) is 5. The largest absolute Gasteiger partial charge is 0.351 e. The van der Waals surface area contributed by atoms with E-state index in [1.807, 2.05) is 32.0 Å². The Labute approximate surface area is 159 Å². The number of hydrogen-bond donors (Lipinski definition) is 1. The summed E-state index contributed by atoms with van der Waals surface area (Å²) in [7, 11) is -3.46. The van der Waals surface area contributed by atoms with E-state index < -0.39 is 10.0 Å². The summed E-state index contributed by atoms with van der Waals surface area (Å²) in [5.74, 6) is -0.258. The fourth-order valence-electron chi connectivity index (χ4n) is 2.41. The SMILES string of the molecule is CCCNC(=O)c1csc(CN(CCC)S(=O)(=O)Cc2ccccc2)n1. The van der Waals surface area contributed by atoms with Gasteiger partial charge in [0.2, 0.25) is 10.0 Å². The number of thiazole rings is 1. The lowest BCUT2D eigenvalue weighted by Crippen LogP contribution is -2.32. The number of nitrogens with zero attached hydrogens (tertiary/aromatic N) is 2. The van der Waals surface area contributed by atoms with E-state index in [9.17, 15) is 13.2 Å². The predicted octanol–water partition coefficient (Wildman–Crippen LogP) is 3.02. The standard InChI is InChI=1S/C18H25N3O3S2/c1-3-10-19-18(22)16-13-25-17(20-16)12-21(11-4-2)26(23,24)14-15-8-6-5-7-9-15/h5-9,13H,3-4,10-12,14H2,1-2H3,(H,19,22). The number of benzene rings is 1. The van der Waals surface area contributed by atoms with Crippen molar-refractivity contribution >= 4 is 27.3 Å². The summed E-state index contributed by atoms with van der Waals surface area (Å²) in [6.07, 6.45) is 1.56. The van der Waals surface area contributed by atoms with Gasteiger partial charge in [0.1, 0.15) is 10.7 Å². The monoisotopic (exact) mass is 395 g/mol. The van der Waals surface area contributed by atoms with E-state index in [1.165, 1.54) is 15.6 Å². The van der Waals surface area contributed by atoms with Crippen LogP contribution in [-0.4, -0.2) is 36.7 Å². The van der Waals surface area contributed by atoms with Crippen LogP contribution in [0.4, 0.5) is 0 Å². The molecule has 1 amide bonds. The first-order valence-electron chi connectivity index (χ1n) is 8.70. The molecule has 0 atom stereocenters. The normalized spacial score (nSPS) is 11.7. The molecule has 0 bridgehead atoms. The van der Waals surface area contributed by atoms with Gasteiger partial charge in [-0.1, -0.05) is 44.2 Å². The molecule has 0 aliphatic rings. The van der Waals surface area contributed by atoms with Crippen LogP contribution in [-0.2, 0) is 22.3 Å². The summed E-state index contributed by atoms with van der Waals surface area (Å²) in [5, 5.41) is 5.07. The highest BCUT2D eigenvalue weighted by Gasteiger charge is 2.23. The van der Waals surface area contributed by atoms with Gasteiger partial charge in [0.05, 0.1) is 12.3 Å². The third kappa shape index (κ3) is 5.89. The molecule has 0 saturated carbocycles. The van der Waals surface area contributed by atoms with Crippen LogP contribution >= 0.6 is 11.3 Å². The Bertz CT molecular complexity index is 804. The fourth-order valence-corrected chi connectivity index (χ4v) is 4.86. The van der Waals surface area contributed by atoms with Gasteiger partial charge in [-0.2, -0.15) is 4.31 Å². The van der Waals surface area contributed by atoms with Crippen molar-refractivity contribution in [2.24, 2.45) is 0 Å². The molecule has 1 heterocycles. The highest BCUT2D eigenvalue weighted by atomic mass is 32.2. The average molecular weight is 396 g/mol. The molecule has 0 aliphatic heterocycles. The smallest absolute Gasteiger partial charge is 0.270 e. The van der Waals surface area contributed by atoms with E-state index in [1.54, 1.807) is 17.5 Å². The third-order valence-corrected chi connectivity index (χ3v) is 6.32. The zero-order valence-corrected chi connectivity index (χ0v) is 16.8. The Balaban J connectivity index is 2.10. The lowest BCUT2D eigenvalue weighted by Gasteiger charge is -2.20. The molecule has 0 unspecified atom stereocenters. The molecule has 6 nitrogen and oxygen atoms in total. The molecule has 2 aromatic rings. The van der Waals surface area contributed by atoms with Crippen LogP contribution in [0.2, 0.25) is 0 Å². The van der Waals surface area contributed by atoms with Crippen LogP contribution in [0.15, 0.2) is 35.7 Å². The molecule has 1 aromatic carbocycles. The van der Waals surface area contributed by atoms with E-state index in [-0.39, 0.29) is 18.2 Å². The van der Waals surface area contributed by atoms with Crippen molar-refractivity contribution in [3.05, 3.63) is 52.0 Å². The first-order chi connectivity index (χ1) is 12.5. The predicted molar refractivity (Wildman–Crippen MR) is 105 cm³/mol. The van der Waals surface area contributed by atoms with E-state index in [0.717, 1.165) is 12.0 Å². The van der Waals surface area contributed by atoms with Crippen LogP contribution in [0.5, 0.6) is 0 Å². The van der Waals surface area contributed by atoms with Crippen LogP contribution in [0.3, 0.4) is 0 Å². The average Bonchev–Trinajstić information content (AvgIpc) is 3.08. The van der Waals surface area contributed by atoms with Crippen LogP contribution in [0.1, 0.15) is 47.7 Å². The minimum absolute atomic E-state index is 0.0386. The molecular formula is C18H25N3O3S2. The quantitative estimate of drug-likeness (QED) is 0.671. The number of aromatic nitrogens is 1. The first kappa shape index (κ1) is 20.5. The molecule has 1 aromatic heterocycles. The molecule has 0 fully saturated rings. The number of nitrogens with one attached hydrogen (secondary N) is 1. The van der Waals surface area contributed by atoms with Gasteiger partial charge in [0, 0.05) is 18.5 Å². The van der Waals surface area contributed by atoms with Gasteiger partial charge in [0.25, 0.3) is 5.91 Å². The highest BCUT2D eigenvalue weighted by Crippen LogP contribution is 2.18. The molecule has 0 radical (unpaired) electrons. The summed E-state index contributed by atoms with van der Waals surface area (Å²) in [6, 6.07) is 9.14. The summed E-state index contributed by atoms with van der Waals surface area (Å²) in [5.41, 5.74) is 1.10.